The number of nitrogens with zero attached hydrogens (tertiary/aromatic N) is 8. The zero-order chi connectivity index (χ0) is 34.1. The van der Waals surface area contributed by atoms with E-state index < -0.39 is 11.4 Å². The lowest BCUT2D eigenvalue weighted by atomic mass is 9.90. The minimum atomic E-state index is -0.528. The number of carbonyl (C=O) groups excluding carboxylic acids is 1. The molecule has 49 heavy (non-hydrogen) atoms. The van der Waals surface area contributed by atoms with Crippen molar-refractivity contribution in [3.8, 4) is 28.8 Å². The monoisotopic (exact) mass is 663 g/mol. The molecule has 2 aromatic carbocycles. The number of rotatable bonds is 8. The molecule has 1 amide bonds. The molecule has 1 aliphatic carbocycles. The first-order valence-corrected chi connectivity index (χ1v) is 17.1. The van der Waals surface area contributed by atoms with Crippen LogP contribution in [0, 0.1) is 17.1 Å². The molecule has 1 saturated carbocycles. The molecular formula is C37H42FN9O2. The van der Waals surface area contributed by atoms with E-state index in [1.807, 2.05) is 24.3 Å². The smallest absolute Gasteiger partial charge is 0.264 e. The first kappa shape index (κ1) is 32.7. The lowest BCUT2D eigenvalue weighted by molar-refractivity contribution is -0.128. The fourth-order valence-electron chi connectivity index (χ4n) is 7.33. The number of fused-ring (bicyclic) bond motifs is 1. The van der Waals surface area contributed by atoms with Crippen LogP contribution in [-0.4, -0.2) is 91.2 Å². The van der Waals surface area contributed by atoms with E-state index in [2.05, 4.69) is 39.7 Å². The summed E-state index contributed by atoms with van der Waals surface area (Å²) in [5.74, 6) is 0.309. The van der Waals surface area contributed by atoms with Gasteiger partial charge in [-0.05, 0) is 69.9 Å². The number of aromatic nitrogens is 4. The minimum Gasteiger partial charge on any atom is -0.457 e. The highest BCUT2D eigenvalue weighted by molar-refractivity contribution is 5.99. The molecule has 0 spiro atoms. The van der Waals surface area contributed by atoms with Gasteiger partial charge in [-0.1, -0.05) is 24.6 Å². The van der Waals surface area contributed by atoms with Crippen molar-refractivity contribution < 1.29 is 13.9 Å². The van der Waals surface area contributed by atoms with Gasteiger partial charge in [-0.15, -0.1) is 0 Å². The number of carbonyl (C=O) groups is 1. The topological polar surface area (TPSA) is 129 Å². The maximum Gasteiger partial charge on any atom is 0.264 e. The van der Waals surface area contributed by atoms with E-state index in [4.69, 9.17) is 15.6 Å². The third kappa shape index (κ3) is 6.60. The number of amides is 1. The van der Waals surface area contributed by atoms with Gasteiger partial charge in [-0.25, -0.2) is 19.0 Å². The Kier molecular flexibility index (Phi) is 9.05. The van der Waals surface area contributed by atoms with Crippen LogP contribution in [-0.2, 0) is 4.79 Å². The zero-order valence-corrected chi connectivity index (χ0v) is 28.1. The molecular weight excluding hydrogens is 621 g/mol. The largest absolute Gasteiger partial charge is 0.457 e. The zero-order valence-electron chi connectivity index (χ0n) is 28.1. The second-order valence-corrected chi connectivity index (χ2v) is 13.8. The number of hydrogen-bond acceptors (Lipinski definition) is 9. The lowest BCUT2D eigenvalue weighted by Crippen LogP contribution is -2.57. The number of benzene rings is 2. The molecule has 2 aromatic heterocycles. The molecule has 0 unspecified atom stereocenters. The maximum absolute atomic E-state index is 15.7. The first-order valence-electron chi connectivity index (χ1n) is 17.1. The summed E-state index contributed by atoms with van der Waals surface area (Å²) in [6, 6.07) is 16.4. The van der Waals surface area contributed by atoms with Gasteiger partial charge >= 0.3 is 0 Å². The molecule has 254 valence electrons. The highest BCUT2D eigenvalue weighted by Crippen LogP contribution is 2.37. The lowest BCUT2D eigenvalue weighted by Gasteiger charge is -2.47. The summed E-state index contributed by atoms with van der Waals surface area (Å²) < 4.78 is 23.2. The standard InChI is InChI=1S/C37H42FN9O2/c1-37(2,46-18-16-44(17-19-46)26-8-6-9-26)21-25(22-39)36(48)45-15-7-10-27(23-45)47-35-32(34(40)41-24-42-35)33(43-47)30-14-13-29(20-31(30)38)49-28-11-4-3-5-12-28/h3-5,11-14,20-21,24,26-27H,6-10,15-19,23H2,1-2H3,(H2,40,41,42)/t27-/m1/s1. The fraction of sp³-hybridized carbons (Fsp3) is 0.432. The number of nitriles is 1. The molecule has 3 fully saturated rings. The predicted molar refractivity (Wildman–Crippen MR) is 185 cm³/mol. The molecule has 2 N–H and O–H groups in total. The summed E-state index contributed by atoms with van der Waals surface area (Å²) in [4.78, 5) is 29.2. The van der Waals surface area contributed by atoms with E-state index in [0.29, 0.717) is 53.8 Å². The van der Waals surface area contributed by atoms with Crippen molar-refractivity contribution in [3.05, 3.63) is 72.3 Å². The Morgan fingerprint density at radius 3 is 2.45 bits per heavy atom. The van der Waals surface area contributed by atoms with Gasteiger partial charge in [-0.2, -0.15) is 10.4 Å². The number of ether oxygens (including phenoxy) is 1. The third-order valence-electron chi connectivity index (χ3n) is 10.3. The van der Waals surface area contributed by atoms with Gasteiger partial charge < -0.3 is 15.4 Å². The molecule has 4 aromatic rings. The summed E-state index contributed by atoms with van der Waals surface area (Å²) in [5.41, 5.74) is 7.05. The highest BCUT2D eigenvalue weighted by atomic mass is 19.1. The Morgan fingerprint density at radius 2 is 1.76 bits per heavy atom. The second-order valence-electron chi connectivity index (χ2n) is 13.8. The SMILES string of the molecule is CC(C)(C=C(C#N)C(=O)N1CCC[C@@H](n2nc(-c3ccc(Oc4ccccc4)cc3F)c3c(N)ncnc32)C1)N1CCN(C2CCC2)CC1. The van der Waals surface area contributed by atoms with Gasteiger partial charge in [0.2, 0.25) is 0 Å². The number of nitrogens with two attached hydrogens (primary N) is 1. The maximum atomic E-state index is 15.7. The molecule has 3 aliphatic rings. The number of para-hydroxylation sites is 1. The molecule has 7 rings (SSSR count). The van der Waals surface area contributed by atoms with Crippen molar-refractivity contribution in [3.63, 3.8) is 0 Å². The van der Waals surface area contributed by atoms with Crippen molar-refractivity contribution in [1.82, 2.24) is 34.4 Å². The average molecular weight is 664 g/mol. The molecule has 12 heteroatoms. The summed E-state index contributed by atoms with van der Waals surface area (Å²) in [7, 11) is 0. The van der Waals surface area contributed by atoms with Crippen LogP contribution in [0.1, 0.15) is 52.0 Å². The Balaban J connectivity index is 1.11. The van der Waals surface area contributed by atoms with Crippen LogP contribution < -0.4 is 10.5 Å². The van der Waals surface area contributed by atoms with Crippen LogP contribution in [0.3, 0.4) is 0 Å². The number of hydrogen-bond donors (Lipinski definition) is 1. The molecule has 11 nitrogen and oxygen atoms in total. The van der Waals surface area contributed by atoms with Gasteiger partial charge in [0.15, 0.2) is 5.65 Å². The summed E-state index contributed by atoms with van der Waals surface area (Å²) >= 11 is 0. The van der Waals surface area contributed by atoms with Gasteiger partial charge in [0.25, 0.3) is 5.91 Å². The summed E-state index contributed by atoms with van der Waals surface area (Å²) in [5, 5.41) is 15.5. The summed E-state index contributed by atoms with van der Waals surface area (Å²) in [6.45, 7) is 8.83. The number of anilines is 1. The van der Waals surface area contributed by atoms with Crippen molar-refractivity contribution >= 4 is 22.8 Å². The van der Waals surface area contributed by atoms with Gasteiger partial charge in [0, 0.05) is 62.5 Å². The van der Waals surface area contributed by atoms with E-state index in [9.17, 15) is 10.1 Å². The Morgan fingerprint density at radius 1 is 1.00 bits per heavy atom. The summed E-state index contributed by atoms with van der Waals surface area (Å²) in [6.07, 6.45) is 8.53. The normalized spacial score (nSPS) is 19.8. The predicted octanol–water partition coefficient (Wildman–Crippen LogP) is 5.57. The van der Waals surface area contributed by atoms with Crippen molar-refractivity contribution in [2.24, 2.45) is 0 Å². The number of nitrogen functional groups attached to an aromatic ring is 1. The highest BCUT2D eigenvalue weighted by Gasteiger charge is 2.35. The third-order valence-corrected chi connectivity index (χ3v) is 10.3. The van der Waals surface area contributed by atoms with Gasteiger partial charge in [0.05, 0.1) is 11.4 Å². The van der Waals surface area contributed by atoms with Gasteiger partial charge in [0.1, 0.15) is 46.8 Å². The van der Waals surface area contributed by atoms with E-state index in [0.717, 1.165) is 32.6 Å². The number of piperidine rings is 1. The van der Waals surface area contributed by atoms with Crippen molar-refractivity contribution in [2.75, 3.05) is 45.0 Å². The molecule has 0 bridgehead atoms. The van der Waals surface area contributed by atoms with Crippen molar-refractivity contribution in [1.29, 1.82) is 5.26 Å². The number of likely N-dealkylation sites (tertiary alicyclic amines) is 1. The van der Waals surface area contributed by atoms with Crippen LogP contribution in [0.5, 0.6) is 11.5 Å². The van der Waals surface area contributed by atoms with E-state index >= 15 is 4.39 Å². The molecule has 4 heterocycles. The average Bonchev–Trinajstić information content (AvgIpc) is 3.48. The molecule has 2 aliphatic heterocycles. The first-order chi connectivity index (χ1) is 23.7. The quantitative estimate of drug-likeness (QED) is 0.190. The fourth-order valence-corrected chi connectivity index (χ4v) is 7.33. The molecule has 1 atom stereocenters. The van der Waals surface area contributed by atoms with Crippen LogP contribution in [0.15, 0.2) is 66.5 Å². The molecule has 2 saturated heterocycles. The van der Waals surface area contributed by atoms with E-state index in [-0.39, 0.29) is 28.9 Å². The van der Waals surface area contributed by atoms with Crippen LogP contribution in [0.2, 0.25) is 0 Å². The Bertz CT molecular complexity index is 1910. The van der Waals surface area contributed by atoms with Crippen LogP contribution in [0.4, 0.5) is 10.2 Å². The van der Waals surface area contributed by atoms with E-state index in [1.165, 1.54) is 31.7 Å². The van der Waals surface area contributed by atoms with Crippen LogP contribution >= 0.6 is 0 Å². The second kappa shape index (κ2) is 13.6. The molecule has 0 radical (unpaired) electrons. The van der Waals surface area contributed by atoms with Crippen LogP contribution in [0.25, 0.3) is 22.3 Å². The Hall–Kier alpha value is -4.86. The van der Waals surface area contributed by atoms with E-state index in [1.54, 1.807) is 33.8 Å². The van der Waals surface area contributed by atoms with Crippen molar-refractivity contribution in [2.45, 2.75) is 63.6 Å². The number of piperazine rings is 1. The van der Waals surface area contributed by atoms with Gasteiger partial charge in [-0.3, -0.25) is 14.6 Å². The number of halogens is 1. The minimum absolute atomic E-state index is 0.143. The Labute approximate surface area is 285 Å².